The van der Waals surface area contributed by atoms with Crippen molar-refractivity contribution in [1.29, 1.82) is 0 Å². The van der Waals surface area contributed by atoms with Gasteiger partial charge in [0, 0.05) is 18.1 Å². The molecule has 0 aliphatic heterocycles. The Kier molecular flexibility index (Phi) is 5.81. The van der Waals surface area contributed by atoms with Crippen LogP contribution in [-0.4, -0.2) is 31.2 Å². The van der Waals surface area contributed by atoms with Crippen LogP contribution >= 0.6 is 11.6 Å². The monoisotopic (exact) mass is 241 g/mol. The zero-order valence-electron chi connectivity index (χ0n) is 10.2. The summed E-state index contributed by atoms with van der Waals surface area (Å²) in [6.07, 6.45) is 0.305. The van der Waals surface area contributed by atoms with Crippen molar-refractivity contribution >= 4 is 11.6 Å². The van der Waals surface area contributed by atoms with Gasteiger partial charge in [0.15, 0.2) is 0 Å². The van der Waals surface area contributed by atoms with E-state index in [4.69, 9.17) is 16.3 Å². The first-order valence-corrected chi connectivity index (χ1v) is 6.00. The Labute approximate surface area is 103 Å². The van der Waals surface area contributed by atoms with Crippen LogP contribution in [0.1, 0.15) is 19.4 Å². The van der Waals surface area contributed by atoms with Crippen LogP contribution in [0, 0.1) is 0 Å². The van der Waals surface area contributed by atoms with Gasteiger partial charge in [-0.1, -0.05) is 23.7 Å². The van der Waals surface area contributed by atoms with Crippen LogP contribution in [0.3, 0.4) is 0 Å². The van der Waals surface area contributed by atoms with Crippen LogP contribution < -0.4 is 0 Å². The van der Waals surface area contributed by atoms with Crippen LogP contribution in [0.5, 0.6) is 0 Å². The molecule has 1 aromatic rings. The minimum Gasteiger partial charge on any atom is -0.377 e. The lowest BCUT2D eigenvalue weighted by Gasteiger charge is -2.17. The van der Waals surface area contributed by atoms with Crippen molar-refractivity contribution in [3.63, 3.8) is 0 Å². The zero-order valence-corrected chi connectivity index (χ0v) is 11.0. The molecule has 0 saturated carbocycles. The largest absolute Gasteiger partial charge is 0.377 e. The predicted molar refractivity (Wildman–Crippen MR) is 68.9 cm³/mol. The maximum absolute atomic E-state index is 5.93. The van der Waals surface area contributed by atoms with E-state index in [0.29, 0.717) is 6.10 Å². The molecule has 0 saturated heterocycles. The van der Waals surface area contributed by atoms with Crippen LogP contribution in [0.4, 0.5) is 0 Å². The molecule has 2 nitrogen and oxygen atoms in total. The van der Waals surface area contributed by atoms with Gasteiger partial charge < -0.3 is 4.74 Å². The minimum absolute atomic E-state index is 0.305. The van der Waals surface area contributed by atoms with E-state index in [1.54, 1.807) is 0 Å². The Hall–Kier alpha value is -0.570. The number of benzene rings is 1. The van der Waals surface area contributed by atoms with E-state index in [9.17, 15) is 0 Å². The minimum atomic E-state index is 0.305. The van der Waals surface area contributed by atoms with Gasteiger partial charge in [-0.2, -0.15) is 0 Å². The molecule has 90 valence electrons. The van der Waals surface area contributed by atoms with Crippen molar-refractivity contribution in [1.82, 2.24) is 4.90 Å². The number of halogens is 1. The fraction of sp³-hybridized carbons (Fsp3) is 0.538. The van der Waals surface area contributed by atoms with Crippen molar-refractivity contribution in [2.45, 2.75) is 26.5 Å². The molecule has 0 unspecified atom stereocenters. The number of hydrogen-bond donors (Lipinski definition) is 0. The van der Waals surface area contributed by atoms with E-state index < -0.39 is 0 Å². The highest BCUT2D eigenvalue weighted by Crippen LogP contribution is 2.11. The molecule has 0 aliphatic rings. The smallest absolute Gasteiger partial charge is 0.0596 e. The summed E-state index contributed by atoms with van der Waals surface area (Å²) in [5.74, 6) is 0. The summed E-state index contributed by atoms with van der Waals surface area (Å²) in [6, 6.07) is 7.97. The van der Waals surface area contributed by atoms with Gasteiger partial charge in [0.25, 0.3) is 0 Å². The molecule has 0 aliphatic carbocycles. The van der Waals surface area contributed by atoms with Crippen molar-refractivity contribution in [2.24, 2.45) is 0 Å². The summed E-state index contributed by atoms with van der Waals surface area (Å²) >= 11 is 5.93. The van der Waals surface area contributed by atoms with Crippen LogP contribution in [0.25, 0.3) is 0 Å². The third kappa shape index (κ3) is 5.50. The Morgan fingerprint density at radius 2 is 2.12 bits per heavy atom. The topological polar surface area (TPSA) is 12.5 Å². The number of hydrogen-bond acceptors (Lipinski definition) is 2. The second kappa shape index (κ2) is 6.89. The number of rotatable bonds is 6. The molecule has 0 fully saturated rings. The Balaban J connectivity index is 2.31. The molecule has 0 N–H and O–H groups in total. The van der Waals surface area contributed by atoms with E-state index in [-0.39, 0.29) is 0 Å². The zero-order chi connectivity index (χ0) is 12.0. The van der Waals surface area contributed by atoms with Crippen LogP contribution in [0.15, 0.2) is 24.3 Å². The molecule has 0 heterocycles. The van der Waals surface area contributed by atoms with E-state index >= 15 is 0 Å². The second-order valence-corrected chi connectivity index (χ2v) is 4.72. The first kappa shape index (κ1) is 13.5. The Morgan fingerprint density at radius 3 is 2.75 bits per heavy atom. The molecule has 16 heavy (non-hydrogen) atoms. The molecular weight excluding hydrogens is 222 g/mol. The summed E-state index contributed by atoms with van der Waals surface area (Å²) < 4.78 is 5.51. The third-order valence-corrected chi connectivity index (χ3v) is 2.50. The molecule has 0 bridgehead atoms. The Morgan fingerprint density at radius 1 is 1.38 bits per heavy atom. The number of nitrogens with zero attached hydrogens (tertiary/aromatic N) is 1. The predicted octanol–water partition coefficient (Wildman–Crippen LogP) is 3.20. The van der Waals surface area contributed by atoms with Gasteiger partial charge >= 0.3 is 0 Å². The maximum atomic E-state index is 5.93. The van der Waals surface area contributed by atoms with Crippen molar-refractivity contribution < 1.29 is 4.74 Å². The molecule has 3 heteroatoms. The summed E-state index contributed by atoms with van der Waals surface area (Å²) in [4.78, 5) is 2.23. The molecule has 0 atom stereocenters. The summed E-state index contributed by atoms with van der Waals surface area (Å²) in [6.45, 7) is 6.72. The van der Waals surface area contributed by atoms with Gasteiger partial charge in [0.2, 0.25) is 0 Å². The van der Waals surface area contributed by atoms with Gasteiger partial charge in [-0.05, 0) is 38.6 Å². The molecule has 1 rings (SSSR count). The standard InChI is InChI=1S/C13H20ClNO/c1-11(2)16-8-7-15(3)10-12-5-4-6-13(14)9-12/h4-6,9,11H,7-8,10H2,1-3H3. The molecule has 1 aromatic carbocycles. The number of likely N-dealkylation sites (N-methyl/N-ethyl adjacent to an activating group) is 1. The van der Waals surface area contributed by atoms with E-state index in [1.165, 1.54) is 5.56 Å². The first-order chi connectivity index (χ1) is 7.58. The highest BCUT2D eigenvalue weighted by Gasteiger charge is 2.01. The van der Waals surface area contributed by atoms with Crippen molar-refractivity contribution in [2.75, 3.05) is 20.2 Å². The van der Waals surface area contributed by atoms with Gasteiger partial charge in [-0.15, -0.1) is 0 Å². The van der Waals surface area contributed by atoms with E-state index in [1.807, 2.05) is 18.2 Å². The fourth-order valence-corrected chi connectivity index (χ4v) is 1.68. The second-order valence-electron chi connectivity index (χ2n) is 4.29. The normalized spacial score (nSPS) is 11.4. The van der Waals surface area contributed by atoms with Crippen LogP contribution in [0.2, 0.25) is 5.02 Å². The average Bonchev–Trinajstić information content (AvgIpc) is 2.16. The SMILES string of the molecule is CC(C)OCCN(C)Cc1cccc(Cl)c1. The molecule has 0 radical (unpaired) electrons. The summed E-state index contributed by atoms with van der Waals surface area (Å²) in [5, 5.41) is 0.796. The lowest BCUT2D eigenvalue weighted by Crippen LogP contribution is -2.23. The van der Waals surface area contributed by atoms with E-state index in [0.717, 1.165) is 24.7 Å². The van der Waals surface area contributed by atoms with Gasteiger partial charge in [-0.25, -0.2) is 0 Å². The van der Waals surface area contributed by atoms with Crippen molar-refractivity contribution in [3.8, 4) is 0 Å². The highest BCUT2D eigenvalue weighted by molar-refractivity contribution is 6.30. The molecular formula is C13H20ClNO. The number of ether oxygens (including phenoxy) is 1. The lowest BCUT2D eigenvalue weighted by atomic mass is 10.2. The summed E-state index contributed by atoms with van der Waals surface area (Å²) in [5.41, 5.74) is 1.24. The Bertz CT molecular complexity index is 315. The lowest BCUT2D eigenvalue weighted by molar-refractivity contribution is 0.0627. The third-order valence-electron chi connectivity index (χ3n) is 2.27. The first-order valence-electron chi connectivity index (χ1n) is 5.62. The summed E-state index contributed by atoms with van der Waals surface area (Å²) in [7, 11) is 2.09. The maximum Gasteiger partial charge on any atom is 0.0596 e. The van der Waals surface area contributed by atoms with Gasteiger partial charge in [0.1, 0.15) is 0 Å². The molecule has 0 amide bonds. The molecule has 0 spiro atoms. The van der Waals surface area contributed by atoms with Crippen molar-refractivity contribution in [3.05, 3.63) is 34.9 Å². The van der Waals surface area contributed by atoms with Crippen LogP contribution in [-0.2, 0) is 11.3 Å². The quantitative estimate of drug-likeness (QED) is 0.759. The fourth-order valence-electron chi connectivity index (χ4n) is 1.47. The van der Waals surface area contributed by atoms with Gasteiger partial charge in [0.05, 0.1) is 12.7 Å². The van der Waals surface area contributed by atoms with E-state index in [2.05, 4.69) is 31.9 Å². The highest BCUT2D eigenvalue weighted by atomic mass is 35.5. The van der Waals surface area contributed by atoms with Gasteiger partial charge in [-0.3, -0.25) is 4.90 Å². The average molecular weight is 242 g/mol. The molecule has 0 aromatic heterocycles.